The first-order valence-corrected chi connectivity index (χ1v) is 6.81. The lowest BCUT2D eigenvalue weighted by Gasteiger charge is -2.28. The average Bonchev–Trinajstić information content (AvgIpc) is 2.48. The Bertz CT molecular complexity index is 598. The number of ether oxygens (including phenoxy) is 1. The van der Waals surface area contributed by atoms with Crippen molar-refractivity contribution in [3.8, 4) is 0 Å². The van der Waals surface area contributed by atoms with E-state index in [1.165, 1.54) is 0 Å². The molecular weight excluding hydrogens is 264 g/mol. The maximum Gasteiger partial charge on any atom is 0.177 e. The summed E-state index contributed by atoms with van der Waals surface area (Å²) in [6.45, 7) is 5.35. The zero-order valence-corrected chi connectivity index (χ0v) is 11.5. The van der Waals surface area contributed by atoms with E-state index in [9.17, 15) is 0 Å². The standard InChI is InChI=1S/C13H15ClN4O/c1-2-11-10-7-9(18-3-5-19-6-4-18)8-15-12(10)13(14)17-16-11/h7-8H,2-6H2,1H3. The number of aryl methyl sites for hydroxylation is 1. The van der Waals surface area contributed by atoms with E-state index < -0.39 is 0 Å². The molecule has 0 amide bonds. The molecule has 3 heterocycles. The van der Waals surface area contributed by atoms with Crippen LogP contribution in [0.4, 0.5) is 5.69 Å². The molecule has 1 saturated heterocycles. The van der Waals surface area contributed by atoms with Crippen molar-refractivity contribution < 1.29 is 4.74 Å². The summed E-state index contributed by atoms with van der Waals surface area (Å²) in [5, 5.41) is 9.44. The number of morpholine rings is 1. The van der Waals surface area contributed by atoms with Gasteiger partial charge in [-0.15, -0.1) is 5.10 Å². The Hall–Kier alpha value is -1.46. The first kappa shape index (κ1) is 12.6. The third-order valence-corrected chi connectivity index (χ3v) is 3.60. The lowest BCUT2D eigenvalue weighted by Crippen LogP contribution is -2.36. The predicted molar refractivity (Wildman–Crippen MR) is 74.8 cm³/mol. The number of pyridine rings is 1. The van der Waals surface area contributed by atoms with Crippen molar-refractivity contribution in [1.29, 1.82) is 0 Å². The molecule has 0 aliphatic carbocycles. The Morgan fingerprint density at radius 2 is 2.11 bits per heavy atom. The summed E-state index contributed by atoms with van der Waals surface area (Å²) in [5.74, 6) is 0. The minimum Gasteiger partial charge on any atom is -0.378 e. The van der Waals surface area contributed by atoms with E-state index in [1.807, 2.05) is 6.20 Å². The molecule has 19 heavy (non-hydrogen) atoms. The number of halogens is 1. The van der Waals surface area contributed by atoms with E-state index in [0.717, 1.165) is 55.0 Å². The zero-order valence-electron chi connectivity index (χ0n) is 10.8. The summed E-state index contributed by atoms with van der Waals surface area (Å²) in [4.78, 5) is 6.72. The Labute approximate surface area is 116 Å². The fourth-order valence-electron chi connectivity index (χ4n) is 2.30. The van der Waals surface area contributed by atoms with Crippen molar-refractivity contribution in [2.45, 2.75) is 13.3 Å². The first-order valence-electron chi connectivity index (χ1n) is 6.43. The van der Waals surface area contributed by atoms with Gasteiger partial charge >= 0.3 is 0 Å². The van der Waals surface area contributed by atoms with Gasteiger partial charge in [-0.1, -0.05) is 18.5 Å². The molecule has 1 fully saturated rings. The SMILES string of the molecule is CCc1nnc(Cl)c2ncc(N3CCOCC3)cc12. The molecule has 2 aromatic heterocycles. The summed E-state index contributed by atoms with van der Waals surface area (Å²) in [6, 6.07) is 2.10. The zero-order chi connectivity index (χ0) is 13.2. The third kappa shape index (κ3) is 2.35. The number of nitrogens with zero attached hydrogens (tertiary/aromatic N) is 4. The van der Waals surface area contributed by atoms with Crippen LogP contribution >= 0.6 is 11.6 Å². The van der Waals surface area contributed by atoms with Crippen molar-refractivity contribution in [2.75, 3.05) is 31.2 Å². The highest BCUT2D eigenvalue weighted by atomic mass is 35.5. The molecule has 2 aromatic rings. The molecule has 0 aromatic carbocycles. The lowest BCUT2D eigenvalue weighted by molar-refractivity contribution is 0.122. The summed E-state index contributed by atoms with van der Waals surface area (Å²) in [6.07, 6.45) is 2.66. The largest absolute Gasteiger partial charge is 0.378 e. The molecular formula is C13H15ClN4O. The smallest absolute Gasteiger partial charge is 0.177 e. The molecule has 100 valence electrons. The third-order valence-electron chi connectivity index (χ3n) is 3.35. The first-order chi connectivity index (χ1) is 9.29. The minimum atomic E-state index is 0.362. The second-order valence-electron chi connectivity index (χ2n) is 4.48. The summed E-state index contributed by atoms with van der Waals surface area (Å²) in [7, 11) is 0. The van der Waals surface area contributed by atoms with Crippen molar-refractivity contribution >= 4 is 28.2 Å². The molecule has 3 rings (SSSR count). The maximum atomic E-state index is 6.05. The van der Waals surface area contributed by atoms with Crippen LogP contribution in [0.2, 0.25) is 5.15 Å². The number of anilines is 1. The van der Waals surface area contributed by atoms with Gasteiger partial charge in [0.2, 0.25) is 0 Å². The highest BCUT2D eigenvalue weighted by Crippen LogP contribution is 2.26. The summed E-state index contributed by atoms with van der Waals surface area (Å²) < 4.78 is 5.37. The molecule has 1 aliphatic rings. The van der Waals surface area contributed by atoms with Crippen molar-refractivity contribution in [3.63, 3.8) is 0 Å². The Morgan fingerprint density at radius 1 is 1.32 bits per heavy atom. The van der Waals surface area contributed by atoms with Gasteiger partial charge in [-0.25, -0.2) is 0 Å². The van der Waals surface area contributed by atoms with Gasteiger partial charge in [0.15, 0.2) is 5.15 Å². The molecule has 0 unspecified atom stereocenters. The topological polar surface area (TPSA) is 51.1 Å². The normalized spacial score (nSPS) is 16.0. The molecule has 0 N–H and O–H groups in total. The van der Waals surface area contributed by atoms with Gasteiger partial charge in [0.1, 0.15) is 5.52 Å². The highest BCUT2D eigenvalue weighted by Gasteiger charge is 2.14. The summed E-state index contributed by atoms with van der Waals surface area (Å²) >= 11 is 6.05. The molecule has 0 spiro atoms. The van der Waals surface area contributed by atoms with E-state index >= 15 is 0 Å². The number of aromatic nitrogens is 3. The molecule has 0 radical (unpaired) electrons. The monoisotopic (exact) mass is 278 g/mol. The molecule has 0 saturated carbocycles. The van der Waals surface area contributed by atoms with E-state index in [2.05, 4.69) is 33.1 Å². The number of fused-ring (bicyclic) bond motifs is 1. The minimum absolute atomic E-state index is 0.362. The van der Waals surface area contributed by atoms with Gasteiger partial charge in [0.25, 0.3) is 0 Å². The van der Waals surface area contributed by atoms with Gasteiger partial charge in [-0.3, -0.25) is 4.98 Å². The van der Waals surface area contributed by atoms with Crippen molar-refractivity contribution in [1.82, 2.24) is 15.2 Å². The van der Waals surface area contributed by atoms with Crippen LogP contribution in [0.1, 0.15) is 12.6 Å². The average molecular weight is 279 g/mol. The van der Waals surface area contributed by atoms with Crippen LogP contribution < -0.4 is 4.90 Å². The van der Waals surface area contributed by atoms with Gasteiger partial charge in [-0.05, 0) is 12.5 Å². The number of hydrogen-bond acceptors (Lipinski definition) is 5. The Kier molecular flexibility index (Phi) is 3.48. The molecule has 6 heteroatoms. The van der Waals surface area contributed by atoms with Gasteiger partial charge in [0.05, 0.1) is 30.8 Å². The van der Waals surface area contributed by atoms with Crippen LogP contribution in [0.15, 0.2) is 12.3 Å². The fourth-order valence-corrected chi connectivity index (χ4v) is 2.49. The van der Waals surface area contributed by atoms with Gasteiger partial charge < -0.3 is 9.64 Å². The van der Waals surface area contributed by atoms with Crippen LogP contribution in [0, 0.1) is 0 Å². The Morgan fingerprint density at radius 3 is 2.84 bits per heavy atom. The van der Waals surface area contributed by atoms with E-state index in [0.29, 0.717) is 5.15 Å². The van der Waals surface area contributed by atoms with E-state index in [1.54, 1.807) is 0 Å². The van der Waals surface area contributed by atoms with Crippen LogP contribution in [-0.2, 0) is 11.2 Å². The van der Waals surface area contributed by atoms with Crippen LogP contribution in [0.25, 0.3) is 10.9 Å². The van der Waals surface area contributed by atoms with Crippen LogP contribution in [-0.4, -0.2) is 41.5 Å². The molecule has 0 bridgehead atoms. The molecule has 0 atom stereocenters. The molecule has 1 aliphatic heterocycles. The van der Waals surface area contributed by atoms with Crippen LogP contribution in [0.3, 0.4) is 0 Å². The predicted octanol–water partition coefficient (Wildman–Crippen LogP) is 2.08. The quantitative estimate of drug-likeness (QED) is 0.842. The maximum absolute atomic E-state index is 6.05. The van der Waals surface area contributed by atoms with E-state index in [-0.39, 0.29) is 0 Å². The molecule has 5 nitrogen and oxygen atoms in total. The van der Waals surface area contributed by atoms with Gasteiger partial charge in [0, 0.05) is 18.5 Å². The highest BCUT2D eigenvalue weighted by molar-refractivity contribution is 6.33. The van der Waals surface area contributed by atoms with Crippen molar-refractivity contribution in [2.24, 2.45) is 0 Å². The number of rotatable bonds is 2. The second kappa shape index (κ2) is 5.27. The van der Waals surface area contributed by atoms with Gasteiger partial charge in [-0.2, -0.15) is 5.10 Å². The fraction of sp³-hybridized carbons (Fsp3) is 0.462. The van der Waals surface area contributed by atoms with Crippen molar-refractivity contribution in [3.05, 3.63) is 23.1 Å². The summed E-state index contributed by atoms with van der Waals surface area (Å²) in [5.41, 5.74) is 2.75. The second-order valence-corrected chi connectivity index (χ2v) is 4.84. The number of hydrogen-bond donors (Lipinski definition) is 0. The lowest BCUT2D eigenvalue weighted by atomic mass is 10.1. The van der Waals surface area contributed by atoms with Crippen LogP contribution in [0.5, 0.6) is 0 Å². The van der Waals surface area contributed by atoms with E-state index in [4.69, 9.17) is 16.3 Å². The Balaban J connectivity index is 2.08.